The van der Waals surface area contributed by atoms with Gasteiger partial charge < -0.3 is 15.8 Å². The van der Waals surface area contributed by atoms with Crippen LogP contribution in [0.2, 0.25) is 0 Å². The highest BCUT2D eigenvalue weighted by Gasteiger charge is 2.35. The SMILES string of the molecule is Nc1ccc(S(=O)(=O)NC(Cc2ccccc2)C(=O)OCC(Cc2ccccc2)NC(=O)c2ccccc2)cc1C(F)(F)F. The number of nitrogen functional groups attached to an aromatic ring is 1. The van der Waals surface area contributed by atoms with Gasteiger partial charge in [-0.05, 0) is 54.3 Å². The molecule has 0 spiro atoms. The molecule has 0 aliphatic heterocycles. The maximum atomic E-state index is 13.4. The Kier molecular flexibility index (Phi) is 10.4. The fourth-order valence-electron chi connectivity index (χ4n) is 4.42. The van der Waals surface area contributed by atoms with Crippen LogP contribution >= 0.6 is 0 Å². The zero-order valence-electron chi connectivity index (χ0n) is 23.3. The Labute approximate surface area is 253 Å². The Morgan fingerprint density at radius 1 is 0.795 bits per heavy atom. The zero-order valence-corrected chi connectivity index (χ0v) is 24.1. The number of ether oxygens (including phenoxy) is 1. The van der Waals surface area contributed by atoms with Crippen LogP contribution in [0.15, 0.2) is 114 Å². The van der Waals surface area contributed by atoms with Crippen molar-refractivity contribution in [2.24, 2.45) is 0 Å². The number of sulfonamides is 1. The normalized spacial score (nSPS) is 13.1. The number of nitrogens with one attached hydrogen (secondary N) is 2. The van der Waals surface area contributed by atoms with Crippen LogP contribution in [0, 0.1) is 0 Å². The molecule has 0 heterocycles. The second-order valence-corrected chi connectivity index (χ2v) is 11.7. The van der Waals surface area contributed by atoms with Gasteiger partial charge in [0, 0.05) is 11.3 Å². The van der Waals surface area contributed by atoms with Crippen molar-refractivity contribution < 1.29 is 35.9 Å². The molecule has 230 valence electrons. The lowest BCUT2D eigenvalue weighted by Crippen LogP contribution is -2.46. The largest absolute Gasteiger partial charge is 0.462 e. The first-order valence-electron chi connectivity index (χ1n) is 13.5. The molecule has 0 aliphatic rings. The van der Waals surface area contributed by atoms with E-state index in [9.17, 15) is 31.2 Å². The molecule has 2 atom stereocenters. The van der Waals surface area contributed by atoms with Crippen molar-refractivity contribution in [3.63, 3.8) is 0 Å². The molecule has 0 aliphatic carbocycles. The van der Waals surface area contributed by atoms with E-state index in [4.69, 9.17) is 10.5 Å². The monoisotopic (exact) mass is 625 g/mol. The van der Waals surface area contributed by atoms with Crippen molar-refractivity contribution in [2.45, 2.75) is 36.0 Å². The predicted molar refractivity (Wildman–Crippen MR) is 159 cm³/mol. The molecule has 0 saturated carbocycles. The molecular formula is C32H30F3N3O5S. The van der Waals surface area contributed by atoms with Gasteiger partial charge in [-0.3, -0.25) is 9.59 Å². The number of hydrogen-bond donors (Lipinski definition) is 3. The molecule has 4 N–H and O–H groups in total. The lowest BCUT2D eigenvalue weighted by molar-refractivity contribution is -0.146. The topological polar surface area (TPSA) is 128 Å². The summed E-state index contributed by atoms with van der Waals surface area (Å²) in [5.41, 5.74) is 5.29. The first-order chi connectivity index (χ1) is 20.9. The maximum absolute atomic E-state index is 13.4. The average molecular weight is 626 g/mol. The van der Waals surface area contributed by atoms with Gasteiger partial charge in [-0.25, -0.2) is 8.42 Å². The van der Waals surface area contributed by atoms with Gasteiger partial charge >= 0.3 is 12.1 Å². The van der Waals surface area contributed by atoms with Crippen LogP contribution in [-0.4, -0.2) is 39.0 Å². The molecule has 4 aromatic carbocycles. The van der Waals surface area contributed by atoms with Gasteiger partial charge in [0.15, 0.2) is 0 Å². The smallest absolute Gasteiger partial charge is 0.418 e. The first kappa shape index (κ1) is 32.2. The van der Waals surface area contributed by atoms with Crippen LogP contribution in [0.5, 0.6) is 0 Å². The highest BCUT2D eigenvalue weighted by molar-refractivity contribution is 7.89. The number of esters is 1. The summed E-state index contributed by atoms with van der Waals surface area (Å²) in [6.07, 6.45) is -4.75. The van der Waals surface area contributed by atoms with Crippen molar-refractivity contribution in [1.29, 1.82) is 0 Å². The number of halogens is 3. The summed E-state index contributed by atoms with van der Waals surface area (Å²) in [6, 6.07) is 26.0. The van der Waals surface area contributed by atoms with Crippen LogP contribution in [0.3, 0.4) is 0 Å². The number of rotatable bonds is 12. The minimum atomic E-state index is -4.89. The zero-order chi connectivity index (χ0) is 31.7. The fraction of sp³-hybridized carbons (Fsp3) is 0.188. The van der Waals surface area contributed by atoms with E-state index < -0.39 is 56.3 Å². The molecule has 0 radical (unpaired) electrons. The number of benzene rings is 4. The average Bonchev–Trinajstić information content (AvgIpc) is 3.00. The standard InChI is InChI=1S/C32H30F3N3O5S/c33-32(34,35)27-20-26(16-17-28(27)36)44(41,42)38-29(19-23-12-6-2-7-13-23)31(40)43-21-25(18-22-10-4-1-5-11-22)37-30(39)24-14-8-3-9-15-24/h1-17,20,25,29,38H,18-19,21,36H2,(H,37,39). The molecule has 0 bridgehead atoms. The third kappa shape index (κ3) is 8.91. The molecule has 2 unspecified atom stereocenters. The number of anilines is 1. The molecule has 44 heavy (non-hydrogen) atoms. The van der Waals surface area contributed by atoms with Crippen molar-refractivity contribution in [3.8, 4) is 0 Å². The first-order valence-corrected chi connectivity index (χ1v) is 15.0. The van der Waals surface area contributed by atoms with Gasteiger partial charge in [0.05, 0.1) is 16.5 Å². The molecule has 4 rings (SSSR count). The van der Waals surface area contributed by atoms with Crippen LogP contribution in [0.25, 0.3) is 0 Å². The van der Waals surface area contributed by atoms with Crippen LogP contribution in [-0.2, 0) is 38.6 Å². The van der Waals surface area contributed by atoms with E-state index in [2.05, 4.69) is 10.0 Å². The van der Waals surface area contributed by atoms with Gasteiger partial charge in [0.1, 0.15) is 12.6 Å². The van der Waals surface area contributed by atoms with Crippen molar-refractivity contribution in [1.82, 2.24) is 10.0 Å². The molecule has 8 nitrogen and oxygen atoms in total. The van der Waals surface area contributed by atoms with Crippen LogP contribution in [0.1, 0.15) is 27.0 Å². The van der Waals surface area contributed by atoms with E-state index in [1.807, 2.05) is 30.3 Å². The molecule has 12 heteroatoms. The molecule has 4 aromatic rings. The van der Waals surface area contributed by atoms with Gasteiger partial charge in [0.25, 0.3) is 5.91 Å². The third-order valence-electron chi connectivity index (χ3n) is 6.63. The second kappa shape index (κ2) is 14.2. The van der Waals surface area contributed by atoms with Crippen molar-refractivity contribution in [2.75, 3.05) is 12.3 Å². The quantitative estimate of drug-likeness (QED) is 0.154. The molecule has 0 saturated heterocycles. The highest BCUT2D eigenvalue weighted by atomic mass is 32.2. The van der Waals surface area contributed by atoms with Crippen LogP contribution in [0.4, 0.5) is 18.9 Å². The number of alkyl halides is 3. The molecule has 1 amide bonds. The molecule has 0 fully saturated rings. The van der Waals surface area contributed by atoms with Gasteiger partial charge in [-0.15, -0.1) is 0 Å². The van der Waals surface area contributed by atoms with E-state index in [-0.39, 0.29) is 13.0 Å². The third-order valence-corrected chi connectivity index (χ3v) is 8.10. The summed E-state index contributed by atoms with van der Waals surface area (Å²) >= 11 is 0. The summed E-state index contributed by atoms with van der Waals surface area (Å²) in [7, 11) is -4.64. The second-order valence-electron chi connectivity index (χ2n) is 9.97. The van der Waals surface area contributed by atoms with E-state index in [0.29, 0.717) is 23.6 Å². The van der Waals surface area contributed by atoms with Gasteiger partial charge in [-0.1, -0.05) is 78.9 Å². The van der Waals surface area contributed by atoms with Crippen molar-refractivity contribution in [3.05, 3.63) is 131 Å². The fourth-order valence-corrected chi connectivity index (χ4v) is 5.63. The number of carbonyl (C=O) groups is 2. The molecular weight excluding hydrogens is 595 g/mol. The Bertz CT molecular complexity index is 1670. The number of hydrogen-bond acceptors (Lipinski definition) is 6. The Morgan fingerprint density at radius 3 is 1.91 bits per heavy atom. The number of amides is 1. The maximum Gasteiger partial charge on any atom is 0.418 e. The summed E-state index contributed by atoms with van der Waals surface area (Å²) in [6.45, 7) is -0.306. The number of nitrogens with two attached hydrogens (primary N) is 1. The summed E-state index contributed by atoms with van der Waals surface area (Å²) in [4.78, 5) is 25.6. The van der Waals surface area contributed by atoms with E-state index in [1.54, 1.807) is 60.7 Å². The Balaban J connectivity index is 1.56. The highest BCUT2D eigenvalue weighted by Crippen LogP contribution is 2.35. The predicted octanol–water partition coefficient (Wildman–Crippen LogP) is 4.76. The summed E-state index contributed by atoms with van der Waals surface area (Å²) < 4.78 is 74.5. The Hall–Kier alpha value is -4.68. The van der Waals surface area contributed by atoms with Gasteiger partial charge in [0.2, 0.25) is 10.0 Å². The van der Waals surface area contributed by atoms with Gasteiger partial charge in [-0.2, -0.15) is 17.9 Å². The molecule has 0 aromatic heterocycles. The summed E-state index contributed by atoms with van der Waals surface area (Å²) in [5, 5.41) is 2.85. The lowest BCUT2D eigenvalue weighted by atomic mass is 10.1. The lowest BCUT2D eigenvalue weighted by Gasteiger charge is -2.22. The summed E-state index contributed by atoms with van der Waals surface area (Å²) in [5.74, 6) is -1.37. The van der Waals surface area contributed by atoms with E-state index >= 15 is 0 Å². The number of carbonyl (C=O) groups excluding carboxylic acids is 2. The minimum absolute atomic E-state index is 0.153. The van der Waals surface area contributed by atoms with Crippen LogP contribution < -0.4 is 15.8 Å². The van der Waals surface area contributed by atoms with E-state index in [0.717, 1.165) is 17.7 Å². The minimum Gasteiger partial charge on any atom is -0.462 e. The Morgan fingerprint density at radius 2 is 1.34 bits per heavy atom. The van der Waals surface area contributed by atoms with Crippen molar-refractivity contribution >= 4 is 27.6 Å². The van der Waals surface area contributed by atoms with E-state index in [1.165, 1.54) is 0 Å².